The van der Waals surface area contributed by atoms with Crippen molar-refractivity contribution >= 4 is 0 Å². The summed E-state index contributed by atoms with van der Waals surface area (Å²) in [6, 6.07) is 4.93. The van der Waals surface area contributed by atoms with Gasteiger partial charge in [-0.3, -0.25) is 0 Å². The maximum atomic E-state index is 12.9. The number of hydrogen-bond acceptors (Lipinski definition) is 4. The predicted molar refractivity (Wildman–Crippen MR) is 55.1 cm³/mol. The second kappa shape index (κ2) is 4.92. The van der Waals surface area contributed by atoms with E-state index in [0.717, 1.165) is 12.1 Å². The van der Waals surface area contributed by atoms with E-state index >= 15 is 0 Å². The first-order valence-electron chi connectivity index (χ1n) is 4.91. The van der Waals surface area contributed by atoms with Crippen LogP contribution < -0.4 is 10.5 Å². The summed E-state index contributed by atoms with van der Waals surface area (Å²) in [4.78, 5) is 0. The van der Waals surface area contributed by atoms with E-state index in [9.17, 15) is 8.78 Å². The van der Waals surface area contributed by atoms with E-state index in [4.69, 9.17) is 15.0 Å². The molecule has 0 bridgehead atoms. The van der Waals surface area contributed by atoms with Crippen LogP contribution in [0.3, 0.4) is 0 Å². The second-order valence-electron chi connectivity index (χ2n) is 3.35. The number of nitrogens with zero attached hydrogens (tertiary/aromatic N) is 1. The van der Waals surface area contributed by atoms with Crippen LogP contribution >= 0.6 is 0 Å². The molecule has 0 saturated heterocycles. The molecule has 1 aromatic heterocycles. The summed E-state index contributed by atoms with van der Waals surface area (Å²) in [6.45, 7) is 0.354. The van der Waals surface area contributed by atoms with Gasteiger partial charge in [0.1, 0.15) is 12.4 Å². The van der Waals surface area contributed by atoms with Crippen LogP contribution in [0.15, 0.2) is 28.8 Å². The molecular weight excluding hydrogens is 230 g/mol. The molecule has 2 N–H and O–H groups in total. The molecule has 0 aliphatic rings. The first-order chi connectivity index (χ1) is 8.19. The van der Waals surface area contributed by atoms with Gasteiger partial charge in [0.25, 0.3) is 0 Å². The van der Waals surface area contributed by atoms with E-state index in [1.165, 1.54) is 6.07 Å². The third kappa shape index (κ3) is 2.79. The van der Waals surface area contributed by atoms with E-state index in [2.05, 4.69) is 5.16 Å². The van der Waals surface area contributed by atoms with Gasteiger partial charge < -0.3 is 15.0 Å². The molecular formula is C11H10F2N2O2. The Morgan fingerprint density at radius 2 is 2.06 bits per heavy atom. The quantitative estimate of drug-likeness (QED) is 0.887. The Kier molecular flexibility index (Phi) is 3.34. The molecule has 0 aliphatic heterocycles. The van der Waals surface area contributed by atoms with Gasteiger partial charge in [0.15, 0.2) is 17.4 Å². The Bertz CT molecular complexity index is 514. The van der Waals surface area contributed by atoms with Gasteiger partial charge in [0, 0.05) is 18.7 Å². The zero-order valence-corrected chi connectivity index (χ0v) is 8.82. The van der Waals surface area contributed by atoms with E-state index in [1.54, 1.807) is 6.07 Å². The average Bonchev–Trinajstić information content (AvgIpc) is 2.79. The molecule has 0 saturated carbocycles. The molecule has 0 atom stereocenters. The van der Waals surface area contributed by atoms with Crippen LogP contribution in [0.4, 0.5) is 8.78 Å². The van der Waals surface area contributed by atoms with Crippen molar-refractivity contribution in [2.75, 3.05) is 0 Å². The highest BCUT2D eigenvalue weighted by atomic mass is 19.2. The highest BCUT2D eigenvalue weighted by Gasteiger charge is 2.06. The van der Waals surface area contributed by atoms with Crippen molar-refractivity contribution in [1.29, 1.82) is 0 Å². The molecule has 0 fully saturated rings. The number of aromatic nitrogens is 1. The molecule has 90 valence electrons. The van der Waals surface area contributed by atoms with Gasteiger partial charge in [-0.2, -0.15) is 0 Å². The van der Waals surface area contributed by atoms with Crippen molar-refractivity contribution < 1.29 is 18.0 Å². The summed E-state index contributed by atoms with van der Waals surface area (Å²) < 4.78 is 35.6. The molecule has 1 heterocycles. The number of benzene rings is 1. The fourth-order valence-electron chi connectivity index (χ4n) is 1.24. The highest BCUT2D eigenvalue weighted by molar-refractivity contribution is 5.23. The molecule has 2 aromatic rings. The van der Waals surface area contributed by atoms with Gasteiger partial charge in [0.05, 0.1) is 5.69 Å². The molecule has 1 aromatic carbocycles. The second-order valence-corrected chi connectivity index (χ2v) is 3.35. The molecule has 0 unspecified atom stereocenters. The summed E-state index contributed by atoms with van der Waals surface area (Å²) in [7, 11) is 0. The van der Waals surface area contributed by atoms with Crippen LogP contribution in [-0.2, 0) is 13.2 Å². The third-order valence-electron chi connectivity index (χ3n) is 2.09. The first kappa shape index (κ1) is 11.5. The predicted octanol–water partition coefficient (Wildman–Crippen LogP) is 1.99. The van der Waals surface area contributed by atoms with E-state index in [1.807, 2.05) is 0 Å². The average molecular weight is 240 g/mol. The minimum absolute atomic E-state index is 0.0814. The number of rotatable bonds is 4. The fourth-order valence-corrected chi connectivity index (χ4v) is 1.24. The van der Waals surface area contributed by atoms with Crippen molar-refractivity contribution in [3.63, 3.8) is 0 Å². The number of hydrogen-bond donors (Lipinski definition) is 1. The van der Waals surface area contributed by atoms with Crippen LogP contribution in [0.1, 0.15) is 11.5 Å². The monoisotopic (exact) mass is 240 g/mol. The lowest BCUT2D eigenvalue weighted by atomic mass is 10.3. The summed E-state index contributed by atoms with van der Waals surface area (Å²) in [6.07, 6.45) is 0. The van der Waals surface area contributed by atoms with Gasteiger partial charge in [-0.25, -0.2) is 8.78 Å². The molecule has 4 nitrogen and oxygen atoms in total. The summed E-state index contributed by atoms with van der Waals surface area (Å²) in [5.74, 6) is -1.19. The van der Waals surface area contributed by atoms with E-state index in [0.29, 0.717) is 11.5 Å². The number of ether oxygens (including phenoxy) is 1. The van der Waals surface area contributed by atoms with Crippen LogP contribution in [0, 0.1) is 11.6 Å². The zero-order chi connectivity index (χ0) is 12.3. The van der Waals surface area contributed by atoms with Gasteiger partial charge >= 0.3 is 0 Å². The minimum atomic E-state index is -0.956. The van der Waals surface area contributed by atoms with Crippen molar-refractivity contribution in [1.82, 2.24) is 5.16 Å². The zero-order valence-electron chi connectivity index (χ0n) is 8.82. The Balaban J connectivity index is 1.99. The van der Waals surface area contributed by atoms with Crippen molar-refractivity contribution in [3.8, 4) is 5.75 Å². The van der Waals surface area contributed by atoms with Crippen LogP contribution in [0.5, 0.6) is 5.75 Å². The summed E-state index contributed by atoms with van der Waals surface area (Å²) in [5, 5.41) is 3.66. The smallest absolute Gasteiger partial charge is 0.174 e. The Morgan fingerprint density at radius 1 is 1.24 bits per heavy atom. The number of halogens is 2. The maximum absolute atomic E-state index is 12.9. The van der Waals surface area contributed by atoms with E-state index < -0.39 is 11.6 Å². The lowest BCUT2D eigenvalue weighted by Gasteiger charge is -2.03. The topological polar surface area (TPSA) is 61.3 Å². The molecule has 17 heavy (non-hydrogen) atoms. The molecule has 0 spiro atoms. The number of nitrogens with two attached hydrogens (primary N) is 1. The van der Waals surface area contributed by atoms with Gasteiger partial charge in [-0.1, -0.05) is 5.16 Å². The molecule has 0 aliphatic carbocycles. The summed E-state index contributed by atoms with van der Waals surface area (Å²) in [5.41, 5.74) is 5.96. The van der Waals surface area contributed by atoms with Crippen molar-refractivity contribution in [2.24, 2.45) is 5.73 Å². The molecule has 2 rings (SSSR count). The maximum Gasteiger partial charge on any atom is 0.174 e. The lowest BCUT2D eigenvalue weighted by Crippen LogP contribution is -1.96. The van der Waals surface area contributed by atoms with Gasteiger partial charge in [0.2, 0.25) is 0 Å². The standard InChI is InChI=1S/C11H10F2N2O2/c12-10-2-1-8(4-11(10)13)16-6-9-3-7(5-14)15-17-9/h1-4H,5-6,14H2. The highest BCUT2D eigenvalue weighted by Crippen LogP contribution is 2.17. The van der Waals surface area contributed by atoms with Crippen molar-refractivity contribution in [3.05, 3.63) is 47.4 Å². The Hall–Kier alpha value is -1.95. The molecule has 0 radical (unpaired) electrons. The van der Waals surface area contributed by atoms with Crippen molar-refractivity contribution in [2.45, 2.75) is 13.2 Å². The first-order valence-corrected chi connectivity index (χ1v) is 4.91. The lowest BCUT2D eigenvalue weighted by molar-refractivity contribution is 0.247. The normalized spacial score (nSPS) is 10.5. The van der Waals surface area contributed by atoms with E-state index in [-0.39, 0.29) is 18.9 Å². The molecule has 0 amide bonds. The largest absolute Gasteiger partial charge is 0.485 e. The SMILES string of the molecule is NCc1cc(COc2ccc(F)c(F)c2)on1. The van der Waals surface area contributed by atoms with Crippen LogP contribution in [0.25, 0.3) is 0 Å². The Morgan fingerprint density at radius 3 is 2.71 bits per heavy atom. The van der Waals surface area contributed by atoms with Gasteiger partial charge in [-0.15, -0.1) is 0 Å². The summed E-state index contributed by atoms with van der Waals surface area (Å²) >= 11 is 0. The minimum Gasteiger partial charge on any atom is -0.485 e. The fraction of sp³-hybridized carbons (Fsp3) is 0.182. The third-order valence-corrected chi connectivity index (χ3v) is 2.09. The Labute approximate surface area is 96.0 Å². The molecule has 6 heteroatoms. The van der Waals surface area contributed by atoms with Gasteiger partial charge in [-0.05, 0) is 12.1 Å². The van der Waals surface area contributed by atoms with Crippen LogP contribution in [0.2, 0.25) is 0 Å². The van der Waals surface area contributed by atoms with Crippen LogP contribution in [-0.4, -0.2) is 5.16 Å².